The number of fused-ring (bicyclic) bond motifs is 3. The summed E-state index contributed by atoms with van der Waals surface area (Å²) in [5, 5.41) is 19.4. The highest BCUT2D eigenvalue weighted by atomic mass is 16.3. The van der Waals surface area contributed by atoms with Gasteiger partial charge in [0.2, 0.25) is 0 Å². The van der Waals surface area contributed by atoms with Gasteiger partial charge in [0, 0.05) is 0 Å². The van der Waals surface area contributed by atoms with Gasteiger partial charge in [-0.25, -0.2) is 0 Å². The van der Waals surface area contributed by atoms with Crippen LogP contribution in [0.25, 0.3) is 33.4 Å². The molecule has 130 valence electrons. The highest BCUT2D eigenvalue weighted by Gasteiger charge is 2.21. The molecule has 27 heavy (non-hydrogen) atoms. The maximum absolute atomic E-state index is 9.70. The number of benzene rings is 4. The molecular weight excluding hydrogens is 332 g/mol. The second kappa shape index (κ2) is 6.03. The van der Waals surface area contributed by atoms with E-state index in [4.69, 9.17) is 1.37 Å². The number of phenolic OH excluding ortho intramolecular Hbond substituents is 2. The van der Waals surface area contributed by atoms with Gasteiger partial charge in [-0.15, -0.1) is 0 Å². The van der Waals surface area contributed by atoms with E-state index in [1.54, 1.807) is 24.3 Å². The van der Waals surface area contributed by atoms with Gasteiger partial charge in [-0.05, 0) is 87.3 Å². The summed E-state index contributed by atoms with van der Waals surface area (Å²) in [4.78, 5) is 0. The van der Waals surface area contributed by atoms with E-state index in [2.05, 4.69) is 18.2 Å². The SMILES string of the molecule is [2H]c1c2c(cc(-c3ccc(O)cc3)c1-c1ccc(O)cc1)-c1ccccc1C2. The highest BCUT2D eigenvalue weighted by molar-refractivity contribution is 5.91. The van der Waals surface area contributed by atoms with Gasteiger partial charge in [-0.1, -0.05) is 48.5 Å². The van der Waals surface area contributed by atoms with E-state index >= 15 is 0 Å². The van der Waals surface area contributed by atoms with E-state index in [9.17, 15) is 10.2 Å². The Morgan fingerprint density at radius 1 is 0.593 bits per heavy atom. The molecule has 2 heteroatoms. The molecule has 0 radical (unpaired) electrons. The van der Waals surface area contributed by atoms with Crippen molar-refractivity contribution in [3.8, 4) is 44.9 Å². The fraction of sp³-hybridized carbons (Fsp3) is 0.0400. The summed E-state index contributed by atoms with van der Waals surface area (Å²) in [6.07, 6.45) is 0.755. The lowest BCUT2D eigenvalue weighted by atomic mass is 9.90. The maximum Gasteiger partial charge on any atom is 0.115 e. The predicted octanol–water partition coefficient (Wildman–Crippen LogP) is 6.00. The topological polar surface area (TPSA) is 40.5 Å². The molecule has 0 saturated carbocycles. The lowest BCUT2D eigenvalue weighted by molar-refractivity contribution is 0.475. The summed E-state index contributed by atoms with van der Waals surface area (Å²) < 4.78 is 9.01. The number of rotatable bonds is 2. The Bertz CT molecular complexity index is 1190. The van der Waals surface area contributed by atoms with Gasteiger partial charge in [0.1, 0.15) is 11.5 Å². The van der Waals surface area contributed by atoms with Crippen LogP contribution >= 0.6 is 0 Å². The highest BCUT2D eigenvalue weighted by Crippen LogP contribution is 2.43. The van der Waals surface area contributed by atoms with Crippen LogP contribution in [-0.2, 0) is 6.42 Å². The fourth-order valence-corrected chi connectivity index (χ4v) is 3.82. The lowest BCUT2D eigenvalue weighted by Crippen LogP contribution is -1.90. The molecule has 0 unspecified atom stereocenters. The largest absolute Gasteiger partial charge is 0.508 e. The normalized spacial score (nSPS) is 12.4. The molecule has 2 nitrogen and oxygen atoms in total. The van der Waals surface area contributed by atoms with Crippen molar-refractivity contribution in [3.63, 3.8) is 0 Å². The van der Waals surface area contributed by atoms with Crippen molar-refractivity contribution in [1.29, 1.82) is 0 Å². The van der Waals surface area contributed by atoms with Crippen LogP contribution in [0.3, 0.4) is 0 Å². The zero-order valence-corrected chi connectivity index (χ0v) is 14.6. The molecule has 0 heterocycles. The summed E-state index contributed by atoms with van der Waals surface area (Å²) in [6, 6.07) is 25.1. The third-order valence-electron chi connectivity index (χ3n) is 5.17. The van der Waals surface area contributed by atoms with Crippen LogP contribution in [0.5, 0.6) is 11.5 Å². The van der Waals surface area contributed by atoms with E-state index in [1.807, 2.05) is 36.4 Å². The molecule has 5 rings (SSSR count). The molecule has 0 aromatic heterocycles. The van der Waals surface area contributed by atoms with Gasteiger partial charge in [-0.3, -0.25) is 0 Å². The fourth-order valence-electron chi connectivity index (χ4n) is 3.82. The van der Waals surface area contributed by atoms with E-state index < -0.39 is 0 Å². The zero-order chi connectivity index (χ0) is 19.3. The van der Waals surface area contributed by atoms with Crippen LogP contribution in [-0.4, -0.2) is 10.2 Å². The predicted molar refractivity (Wildman–Crippen MR) is 109 cm³/mol. The number of phenols is 2. The first kappa shape index (κ1) is 14.6. The van der Waals surface area contributed by atoms with Gasteiger partial charge in [0.05, 0.1) is 1.37 Å². The molecule has 2 N–H and O–H groups in total. The minimum Gasteiger partial charge on any atom is -0.508 e. The summed E-state index contributed by atoms with van der Waals surface area (Å²) in [7, 11) is 0. The Hall–Kier alpha value is -3.52. The van der Waals surface area contributed by atoms with Crippen LogP contribution in [0.4, 0.5) is 0 Å². The average molecular weight is 351 g/mol. The molecule has 0 bridgehead atoms. The Morgan fingerprint density at radius 2 is 1.19 bits per heavy atom. The number of hydrogen-bond acceptors (Lipinski definition) is 2. The minimum absolute atomic E-state index is 0.204. The van der Waals surface area contributed by atoms with E-state index in [0.29, 0.717) is 6.04 Å². The molecule has 0 atom stereocenters. The zero-order valence-electron chi connectivity index (χ0n) is 15.6. The Kier molecular flexibility index (Phi) is 3.27. The maximum atomic E-state index is 9.70. The van der Waals surface area contributed by atoms with Crippen molar-refractivity contribution in [2.45, 2.75) is 6.42 Å². The van der Waals surface area contributed by atoms with Crippen molar-refractivity contribution < 1.29 is 11.6 Å². The number of aromatic hydroxyl groups is 2. The van der Waals surface area contributed by atoms with Crippen LogP contribution in [0, 0.1) is 0 Å². The molecule has 0 fully saturated rings. The Balaban J connectivity index is 1.82. The second-order valence-corrected chi connectivity index (χ2v) is 6.88. The van der Waals surface area contributed by atoms with Crippen molar-refractivity contribution in [2.75, 3.05) is 0 Å². The summed E-state index contributed by atoms with van der Waals surface area (Å²) >= 11 is 0. The lowest BCUT2D eigenvalue weighted by Gasteiger charge is -2.14. The third-order valence-corrected chi connectivity index (χ3v) is 5.17. The molecule has 0 spiro atoms. The van der Waals surface area contributed by atoms with Crippen LogP contribution in [0.2, 0.25) is 0 Å². The Labute approximate surface area is 159 Å². The van der Waals surface area contributed by atoms with E-state index in [0.717, 1.165) is 39.8 Å². The molecule has 1 aliphatic carbocycles. The average Bonchev–Trinajstić information content (AvgIpc) is 3.09. The summed E-state index contributed by atoms with van der Waals surface area (Å²) in [6.45, 7) is 0. The minimum atomic E-state index is 0.204. The molecule has 0 aliphatic heterocycles. The molecule has 4 aromatic rings. The first-order valence-corrected chi connectivity index (χ1v) is 8.95. The van der Waals surface area contributed by atoms with E-state index in [-0.39, 0.29) is 11.5 Å². The van der Waals surface area contributed by atoms with Crippen LogP contribution < -0.4 is 0 Å². The Morgan fingerprint density at radius 3 is 1.85 bits per heavy atom. The standard InChI is InChI=1S/C25H18O2/c26-20-9-5-16(6-10-20)23-14-19-13-18-3-1-2-4-22(18)25(19)15-24(23)17-7-11-21(27)12-8-17/h1-12,14-15,26-27H,13H2/i14D. The van der Waals surface area contributed by atoms with Gasteiger partial charge in [0.15, 0.2) is 0 Å². The monoisotopic (exact) mass is 351 g/mol. The van der Waals surface area contributed by atoms with E-state index in [1.165, 1.54) is 11.1 Å². The molecule has 4 aromatic carbocycles. The van der Waals surface area contributed by atoms with Gasteiger partial charge >= 0.3 is 0 Å². The van der Waals surface area contributed by atoms with Gasteiger partial charge in [-0.2, -0.15) is 0 Å². The smallest absolute Gasteiger partial charge is 0.115 e. The van der Waals surface area contributed by atoms with Gasteiger partial charge in [0.25, 0.3) is 0 Å². The second-order valence-electron chi connectivity index (χ2n) is 6.88. The molecule has 1 aliphatic rings. The van der Waals surface area contributed by atoms with Crippen molar-refractivity contribution >= 4 is 0 Å². The summed E-state index contributed by atoms with van der Waals surface area (Å²) in [5.74, 6) is 0.419. The van der Waals surface area contributed by atoms with Crippen molar-refractivity contribution in [1.82, 2.24) is 0 Å². The first-order valence-electron chi connectivity index (χ1n) is 9.45. The molecule has 0 amide bonds. The summed E-state index contributed by atoms with van der Waals surface area (Å²) in [5.41, 5.74) is 8.20. The van der Waals surface area contributed by atoms with Crippen molar-refractivity contribution in [2.24, 2.45) is 0 Å². The van der Waals surface area contributed by atoms with Crippen molar-refractivity contribution in [3.05, 3.63) is 96.0 Å². The van der Waals surface area contributed by atoms with Crippen LogP contribution in [0.1, 0.15) is 12.5 Å². The third kappa shape index (κ3) is 2.67. The molecular formula is C25H18O2. The quantitative estimate of drug-likeness (QED) is 0.409. The molecule has 0 saturated heterocycles. The van der Waals surface area contributed by atoms with Gasteiger partial charge < -0.3 is 10.2 Å². The number of hydrogen-bond donors (Lipinski definition) is 2. The van der Waals surface area contributed by atoms with Crippen LogP contribution in [0.15, 0.2) is 84.9 Å². The first-order chi connectivity index (χ1) is 13.6.